The van der Waals surface area contributed by atoms with Crippen LogP contribution in [0.1, 0.15) is 36.3 Å². The second-order valence-electron chi connectivity index (χ2n) is 7.77. The lowest BCUT2D eigenvalue weighted by Gasteiger charge is -2.35. The van der Waals surface area contributed by atoms with E-state index < -0.39 is 0 Å². The van der Waals surface area contributed by atoms with Crippen molar-refractivity contribution in [3.63, 3.8) is 0 Å². The van der Waals surface area contributed by atoms with E-state index in [2.05, 4.69) is 20.3 Å². The van der Waals surface area contributed by atoms with Crippen LogP contribution in [0.25, 0.3) is 0 Å². The third-order valence-corrected chi connectivity index (χ3v) is 6.33. The molecule has 1 saturated carbocycles. The lowest BCUT2D eigenvalue weighted by atomic mass is 9.91. The zero-order valence-electron chi connectivity index (χ0n) is 14.8. The molecule has 3 fully saturated rings. The number of aryl methyl sites for hydroxylation is 2. The Hall–Kier alpha value is -1.40. The number of aromatic nitrogens is 1. The molecule has 0 radical (unpaired) electrons. The molecule has 6 heteroatoms. The molecule has 1 atom stereocenters. The van der Waals surface area contributed by atoms with Crippen molar-refractivity contribution < 1.29 is 9.32 Å². The number of rotatable bonds is 3. The first-order valence-corrected chi connectivity index (χ1v) is 9.23. The second kappa shape index (κ2) is 6.15. The summed E-state index contributed by atoms with van der Waals surface area (Å²) in [6, 6.07) is 0. The lowest BCUT2D eigenvalue weighted by molar-refractivity contribution is -0.135. The molecule has 24 heavy (non-hydrogen) atoms. The van der Waals surface area contributed by atoms with Gasteiger partial charge in [0.1, 0.15) is 5.76 Å². The zero-order valence-corrected chi connectivity index (χ0v) is 14.8. The lowest BCUT2D eigenvalue weighted by Crippen LogP contribution is -2.49. The fraction of sp³-hybridized carbons (Fsp3) is 0.778. The van der Waals surface area contributed by atoms with Crippen LogP contribution in [0.15, 0.2) is 4.52 Å². The molecule has 0 aromatic carbocycles. The van der Waals surface area contributed by atoms with Gasteiger partial charge in [0, 0.05) is 44.2 Å². The molecule has 2 saturated heterocycles. The van der Waals surface area contributed by atoms with Crippen LogP contribution in [0.3, 0.4) is 0 Å². The second-order valence-corrected chi connectivity index (χ2v) is 7.77. The molecule has 6 nitrogen and oxygen atoms in total. The fourth-order valence-corrected chi connectivity index (χ4v) is 4.47. The number of piperidine rings is 1. The van der Waals surface area contributed by atoms with Crippen LogP contribution in [0.5, 0.6) is 0 Å². The summed E-state index contributed by atoms with van der Waals surface area (Å²) in [5, 5.41) is 7.44. The Balaban J connectivity index is 1.29. The molecule has 3 aliphatic rings. The Morgan fingerprint density at radius 3 is 2.58 bits per heavy atom. The Labute approximate surface area is 143 Å². The van der Waals surface area contributed by atoms with E-state index in [4.69, 9.17) is 4.52 Å². The number of carbonyl (C=O) groups excluding carboxylic acids is 1. The van der Waals surface area contributed by atoms with E-state index >= 15 is 0 Å². The SMILES string of the molecule is Cc1noc(C)c1CN1CCN(C(=O)C2CC23CCNCC3)CC1. The van der Waals surface area contributed by atoms with Crippen LogP contribution < -0.4 is 5.32 Å². The quantitative estimate of drug-likeness (QED) is 0.905. The van der Waals surface area contributed by atoms with Gasteiger partial charge in [0.15, 0.2) is 0 Å². The minimum Gasteiger partial charge on any atom is -0.361 e. The van der Waals surface area contributed by atoms with Gasteiger partial charge in [-0.05, 0) is 51.6 Å². The molecule has 1 unspecified atom stereocenters. The van der Waals surface area contributed by atoms with Gasteiger partial charge < -0.3 is 14.7 Å². The van der Waals surface area contributed by atoms with E-state index in [9.17, 15) is 4.79 Å². The van der Waals surface area contributed by atoms with Crippen LogP contribution in [-0.2, 0) is 11.3 Å². The molecular formula is C18H28N4O2. The highest BCUT2D eigenvalue weighted by atomic mass is 16.5. The normalized spacial score (nSPS) is 26.8. The number of piperazine rings is 1. The molecule has 1 aromatic heterocycles. The Bertz CT molecular complexity index is 593. The Kier molecular flexibility index (Phi) is 4.12. The summed E-state index contributed by atoms with van der Waals surface area (Å²) >= 11 is 0. The summed E-state index contributed by atoms with van der Waals surface area (Å²) in [5.74, 6) is 1.62. The summed E-state index contributed by atoms with van der Waals surface area (Å²) < 4.78 is 5.25. The molecule has 1 amide bonds. The highest BCUT2D eigenvalue weighted by molar-refractivity contribution is 5.83. The average Bonchev–Trinajstić information content (AvgIpc) is 3.20. The van der Waals surface area contributed by atoms with Gasteiger partial charge in [-0.2, -0.15) is 0 Å². The van der Waals surface area contributed by atoms with E-state index in [1.165, 1.54) is 18.4 Å². The van der Waals surface area contributed by atoms with Crippen LogP contribution in [0, 0.1) is 25.2 Å². The first-order chi connectivity index (χ1) is 11.6. The minimum absolute atomic E-state index is 0.300. The topological polar surface area (TPSA) is 61.6 Å². The largest absolute Gasteiger partial charge is 0.361 e. The number of carbonyl (C=O) groups is 1. The van der Waals surface area contributed by atoms with Gasteiger partial charge in [0.05, 0.1) is 5.69 Å². The summed E-state index contributed by atoms with van der Waals surface area (Å²) in [7, 11) is 0. The molecule has 1 spiro atoms. The Morgan fingerprint density at radius 1 is 1.25 bits per heavy atom. The number of amides is 1. The van der Waals surface area contributed by atoms with E-state index in [1.807, 2.05) is 13.8 Å². The van der Waals surface area contributed by atoms with Gasteiger partial charge in [-0.15, -0.1) is 0 Å². The third-order valence-electron chi connectivity index (χ3n) is 6.33. The number of hydrogen-bond acceptors (Lipinski definition) is 5. The molecule has 1 N–H and O–H groups in total. The molecular weight excluding hydrogens is 304 g/mol. The fourth-order valence-electron chi connectivity index (χ4n) is 4.47. The van der Waals surface area contributed by atoms with Gasteiger partial charge in [-0.1, -0.05) is 5.16 Å². The van der Waals surface area contributed by atoms with Crippen molar-refractivity contribution in [2.45, 2.75) is 39.7 Å². The van der Waals surface area contributed by atoms with Crippen molar-refractivity contribution in [3.05, 3.63) is 17.0 Å². The number of nitrogens with zero attached hydrogens (tertiary/aromatic N) is 3. The predicted molar refractivity (Wildman–Crippen MR) is 90.5 cm³/mol. The van der Waals surface area contributed by atoms with Crippen molar-refractivity contribution in [1.29, 1.82) is 0 Å². The first-order valence-electron chi connectivity index (χ1n) is 9.23. The van der Waals surface area contributed by atoms with Crippen LogP contribution >= 0.6 is 0 Å². The maximum Gasteiger partial charge on any atom is 0.226 e. The summed E-state index contributed by atoms with van der Waals surface area (Å²) in [5.41, 5.74) is 2.53. The van der Waals surface area contributed by atoms with E-state index in [-0.39, 0.29) is 0 Å². The van der Waals surface area contributed by atoms with Crippen LogP contribution in [0.4, 0.5) is 0 Å². The van der Waals surface area contributed by atoms with Gasteiger partial charge in [-0.25, -0.2) is 0 Å². The molecule has 0 bridgehead atoms. The van der Waals surface area contributed by atoms with Crippen molar-refractivity contribution in [3.8, 4) is 0 Å². The van der Waals surface area contributed by atoms with Crippen molar-refractivity contribution in [2.75, 3.05) is 39.3 Å². The maximum atomic E-state index is 12.8. The maximum absolute atomic E-state index is 12.8. The monoisotopic (exact) mass is 332 g/mol. The van der Waals surface area contributed by atoms with Gasteiger partial charge in [-0.3, -0.25) is 9.69 Å². The van der Waals surface area contributed by atoms with Gasteiger partial charge in [0.2, 0.25) is 5.91 Å². The highest BCUT2D eigenvalue weighted by Crippen LogP contribution is 2.59. The van der Waals surface area contributed by atoms with E-state index in [1.54, 1.807) is 0 Å². The van der Waals surface area contributed by atoms with Crippen molar-refractivity contribution >= 4 is 5.91 Å². The molecule has 3 heterocycles. The summed E-state index contributed by atoms with van der Waals surface area (Å²) in [6.45, 7) is 10.6. The molecule has 132 valence electrons. The molecule has 1 aliphatic carbocycles. The van der Waals surface area contributed by atoms with Crippen LogP contribution in [-0.4, -0.2) is 60.1 Å². The standard InChI is InChI=1S/C18H28N4O2/c1-13-15(14(2)24-20-13)12-21-7-9-22(10-8-21)17(23)16-11-18(16)3-5-19-6-4-18/h16,19H,3-12H2,1-2H3. The van der Waals surface area contributed by atoms with Crippen molar-refractivity contribution in [2.24, 2.45) is 11.3 Å². The zero-order chi connectivity index (χ0) is 16.7. The van der Waals surface area contributed by atoms with Gasteiger partial charge in [0.25, 0.3) is 0 Å². The molecule has 1 aromatic rings. The average molecular weight is 332 g/mol. The summed E-state index contributed by atoms with van der Waals surface area (Å²) in [4.78, 5) is 17.3. The first kappa shape index (κ1) is 16.1. The van der Waals surface area contributed by atoms with E-state index in [0.29, 0.717) is 17.2 Å². The highest BCUT2D eigenvalue weighted by Gasteiger charge is 2.58. The van der Waals surface area contributed by atoms with Gasteiger partial charge >= 0.3 is 0 Å². The van der Waals surface area contributed by atoms with Crippen LogP contribution in [0.2, 0.25) is 0 Å². The third kappa shape index (κ3) is 2.86. The summed E-state index contributed by atoms with van der Waals surface area (Å²) in [6.07, 6.45) is 3.47. The minimum atomic E-state index is 0.300. The number of hydrogen-bond donors (Lipinski definition) is 1. The molecule has 4 rings (SSSR count). The number of nitrogens with one attached hydrogen (secondary N) is 1. The molecule has 2 aliphatic heterocycles. The smallest absolute Gasteiger partial charge is 0.226 e. The van der Waals surface area contributed by atoms with E-state index in [0.717, 1.165) is 63.7 Å². The van der Waals surface area contributed by atoms with Crippen molar-refractivity contribution in [1.82, 2.24) is 20.3 Å². The predicted octanol–water partition coefficient (Wildman–Crippen LogP) is 1.33. The Morgan fingerprint density at radius 2 is 1.96 bits per heavy atom.